The molecule has 2 aliphatic rings. The Morgan fingerprint density at radius 1 is 1.26 bits per heavy atom. The number of ketones is 1. The summed E-state index contributed by atoms with van der Waals surface area (Å²) in [5.74, 6) is -1.80. The topological polar surface area (TPSA) is 78.9 Å². The van der Waals surface area contributed by atoms with Crippen molar-refractivity contribution >= 4 is 17.7 Å². The number of cyclic esters (lactones) is 1. The molecule has 2 rings (SSSR count). The molecule has 0 aromatic heterocycles. The maximum absolute atomic E-state index is 12.1. The Labute approximate surface area is 136 Å². The van der Waals surface area contributed by atoms with Crippen molar-refractivity contribution < 1.29 is 28.6 Å². The van der Waals surface area contributed by atoms with Gasteiger partial charge in [0.15, 0.2) is 0 Å². The van der Waals surface area contributed by atoms with Crippen molar-refractivity contribution in [2.75, 3.05) is 7.11 Å². The van der Waals surface area contributed by atoms with Crippen LogP contribution < -0.4 is 0 Å². The van der Waals surface area contributed by atoms with Gasteiger partial charge in [0.05, 0.1) is 19.6 Å². The molecule has 0 amide bonds. The van der Waals surface area contributed by atoms with E-state index in [1.54, 1.807) is 0 Å². The summed E-state index contributed by atoms with van der Waals surface area (Å²) in [7, 11) is 1.14. The molecule has 0 aromatic carbocycles. The quantitative estimate of drug-likeness (QED) is 0.568. The lowest BCUT2D eigenvalue weighted by Gasteiger charge is -2.38. The Morgan fingerprint density at radius 3 is 2.57 bits per heavy atom. The molecule has 23 heavy (non-hydrogen) atoms. The first-order chi connectivity index (χ1) is 10.8. The van der Waals surface area contributed by atoms with Gasteiger partial charge >= 0.3 is 11.9 Å². The van der Waals surface area contributed by atoms with Gasteiger partial charge in [0.2, 0.25) is 12.1 Å². The predicted molar refractivity (Wildman–Crippen MR) is 81.2 cm³/mol. The minimum Gasteiger partial charge on any atom is -0.463 e. The lowest BCUT2D eigenvalue weighted by Crippen LogP contribution is -2.41. The molecule has 0 N–H and O–H groups in total. The van der Waals surface area contributed by atoms with Crippen molar-refractivity contribution in [3.05, 3.63) is 0 Å². The van der Waals surface area contributed by atoms with Crippen molar-refractivity contribution in [2.45, 2.75) is 58.8 Å². The summed E-state index contributed by atoms with van der Waals surface area (Å²) in [5.41, 5.74) is 0. The van der Waals surface area contributed by atoms with E-state index in [2.05, 4.69) is 25.5 Å². The number of methoxy groups -OCH3 is 1. The van der Waals surface area contributed by atoms with Gasteiger partial charge < -0.3 is 14.2 Å². The molecule has 130 valence electrons. The number of ether oxygens (including phenoxy) is 3. The average Bonchev–Trinajstić information content (AvgIpc) is 2.86. The molecule has 1 heterocycles. The fourth-order valence-electron chi connectivity index (χ4n) is 3.57. The molecular weight excluding hydrogens is 300 g/mol. The predicted octanol–water partition coefficient (Wildman–Crippen LogP) is 2.10. The molecule has 6 heteroatoms. The summed E-state index contributed by atoms with van der Waals surface area (Å²) in [6.45, 7) is 6.47. The highest BCUT2D eigenvalue weighted by Crippen LogP contribution is 2.38. The Bertz CT molecular complexity index is 472. The fourth-order valence-corrected chi connectivity index (χ4v) is 3.57. The van der Waals surface area contributed by atoms with E-state index in [0.717, 1.165) is 26.4 Å². The number of hydrogen-bond acceptors (Lipinski definition) is 6. The average molecular weight is 326 g/mol. The van der Waals surface area contributed by atoms with Crippen molar-refractivity contribution in [3.63, 3.8) is 0 Å². The van der Waals surface area contributed by atoms with Crippen LogP contribution in [0.15, 0.2) is 0 Å². The summed E-state index contributed by atoms with van der Waals surface area (Å²) < 4.78 is 15.7. The van der Waals surface area contributed by atoms with E-state index in [-0.39, 0.29) is 12.5 Å². The SMILES string of the molecule is COC(=O)C(=O)[C@@H]1CC(=O)O[C@H]1O[C@@H]1C[C@H](C)CC[C@H]1C(C)C. The van der Waals surface area contributed by atoms with Gasteiger partial charge in [-0.1, -0.05) is 27.2 Å². The first-order valence-corrected chi connectivity index (χ1v) is 8.30. The number of rotatable bonds is 5. The summed E-state index contributed by atoms with van der Waals surface area (Å²) in [5, 5.41) is 0. The monoisotopic (exact) mass is 326 g/mol. The van der Waals surface area contributed by atoms with Crippen LogP contribution in [-0.4, -0.2) is 37.2 Å². The first kappa shape index (κ1) is 17.9. The summed E-state index contributed by atoms with van der Waals surface area (Å²) >= 11 is 0. The molecule has 2 fully saturated rings. The zero-order valence-electron chi connectivity index (χ0n) is 14.2. The molecule has 0 bridgehead atoms. The van der Waals surface area contributed by atoms with Crippen molar-refractivity contribution in [1.82, 2.24) is 0 Å². The molecular formula is C17H26O6. The number of carbonyl (C=O) groups is 3. The zero-order valence-corrected chi connectivity index (χ0v) is 14.2. The van der Waals surface area contributed by atoms with E-state index < -0.39 is 29.9 Å². The normalized spacial score (nSPS) is 34.3. The lowest BCUT2D eigenvalue weighted by molar-refractivity contribution is -0.197. The molecule has 6 nitrogen and oxygen atoms in total. The highest BCUT2D eigenvalue weighted by atomic mass is 16.7. The van der Waals surface area contributed by atoms with Crippen LogP contribution in [0.5, 0.6) is 0 Å². The minimum absolute atomic E-state index is 0.0670. The molecule has 1 aliphatic heterocycles. The van der Waals surface area contributed by atoms with Crippen LogP contribution in [0.2, 0.25) is 0 Å². The van der Waals surface area contributed by atoms with Crippen LogP contribution in [-0.2, 0) is 28.6 Å². The fraction of sp³-hybridized carbons (Fsp3) is 0.824. The van der Waals surface area contributed by atoms with E-state index in [9.17, 15) is 14.4 Å². The van der Waals surface area contributed by atoms with Gasteiger partial charge in [0, 0.05) is 0 Å². The Kier molecular flexibility index (Phi) is 5.79. The van der Waals surface area contributed by atoms with E-state index in [1.165, 1.54) is 0 Å². The van der Waals surface area contributed by atoms with E-state index in [1.807, 2.05) is 0 Å². The second kappa shape index (κ2) is 7.43. The smallest absolute Gasteiger partial charge is 0.374 e. The first-order valence-electron chi connectivity index (χ1n) is 8.30. The number of esters is 2. The van der Waals surface area contributed by atoms with Gasteiger partial charge in [-0.2, -0.15) is 0 Å². The standard InChI is InChI=1S/C17H26O6/c1-9(2)11-6-5-10(3)7-13(11)22-17-12(8-14(18)23-17)15(19)16(20)21-4/h9-13,17H,5-8H2,1-4H3/t10-,11+,12+,13-,17-/m1/s1. The second-order valence-electron chi connectivity index (χ2n) is 7.03. The lowest BCUT2D eigenvalue weighted by atomic mass is 9.75. The van der Waals surface area contributed by atoms with Crippen LogP contribution in [0.3, 0.4) is 0 Å². The Morgan fingerprint density at radius 2 is 1.96 bits per heavy atom. The molecule has 0 unspecified atom stereocenters. The largest absolute Gasteiger partial charge is 0.463 e. The highest BCUT2D eigenvalue weighted by Gasteiger charge is 2.46. The van der Waals surface area contributed by atoms with Gasteiger partial charge in [0.25, 0.3) is 0 Å². The third kappa shape index (κ3) is 4.10. The number of Topliss-reactive ketones (excluding diaryl/α,β-unsaturated/α-hetero) is 1. The highest BCUT2D eigenvalue weighted by molar-refractivity contribution is 6.35. The van der Waals surface area contributed by atoms with Crippen LogP contribution in [0.4, 0.5) is 0 Å². The van der Waals surface area contributed by atoms with Gasteiger partial charge in [-0.25, -0.2) is 4.79 Å². The number of carbonyl (C=O) groups excluding carboxylic acids is 3. The van der Waals surface area contributed by atoms with Gasteiger partial charge in [-0.3, -0.25) is 9.59 Å². The second-order valence-corrected chi connectivity index (χ2v) is 7.03. The molecule has 1 saturated carbocycles. The van der Waals surface area contributed by atoms with Crippen molar-refractivity contribution in [3.8, 4) is 0 Å². The van der Waals surface area contributed by atoms with Crippen LogP contribution in [0, 0.1) is 23.7 Å². The van der Waals surface area contributed by atoms with Crippen LogP contribution >= 0.6 is 0 Å². The molecule has 1 aliphatic carbocycles. The van der Waals surface area contributed by atoms with E-state index in [4.69, 9.17) is 9.47 Å². The van der Waals surface area contributed by atoms with Crippen molar-refractivity contribution in [1.29, 1.82) is 0 Å². The van der Waals surface area contributed by atoms with E-state index >= 15 is 0 Å². The molecule has 0 aromatic rings. The van der Waals surface area contributed by atoms with Gasteiger partial charge in [0.1, 0.15) is 5.92 Å². The van der Waals surface area contributed by atoms with E-state index in [0.29, 0.717) is 17.8 Å². The third-order valence-electron chi connectivity index (χ3n) is 4.96. The number of hydrogen-bond donors (Lipinski definition) is 0. The van der Waals surface area contributed by atoms with Gasteiger partial charge in [-0.15, -0.1) is 0 Å². The molecule has 0 spiro atoms. The summed E-state index contributed by atoms with van der Waals surface area (Å²) in [4.78, 5) is 35.1. The summed E-state index contributed by atoms with van der Waals surface area (Å²) in [6, 6.07) is 0. The van der Waals surface area contributed by atoms with Gasteiger partial charge in [-0.05, 0) is 30.6 Å². The molecule has 1 saturated heterocycles. The zero-order chi connectivity index (χ0) is 17.1. The molecule has 5 atom stereocenters. The van der Waals surface area contributed by atoms with Crippen LogP contribution in [0.1, 0.15) is 46.5 Å². The maximum Gasteiger partial charge on any atom is 0.374 e. The molecule has 0 radical (unpaired) electrons. The Hall–Kier alpha value is -1.43. The maximum atomic E-state index is 12.1. The van der Waals surface area contributed by atoms with Crippen molar-refractivity contribution in [2.24, 2.45) is 23.7 Å². The minimum atomic E-state index is -0.981. The Balaban J connectivity index is 2.10. The summed E-state index contributed by atoms with van der Waals surface area (Å²) in [6.07, 6.45) is 1.90. The third-order valence-corrected chi connectivity index (χ3v) is 4.96. The van der Waals surface area contributed by atoms with Crippen LogP contribution in [0.25, 0.3) is 0 Å².